The predicted octanol–water partition coefficient (Wildman–Crippen LogP) is 3.88. The number of rotatable bonds is 6. The third kappa shape index (κ3) is 5.41. The number of anilines is 2. The first kappa shape index (κ1) is 31.1. The number of pyridine rings is 1. The molecule has 252 valence electrons. The van der Waals surface area contributed by atoms with Crippen LogP contribution in [0.4, 0.5) is 11.5 Å². The first-order valence-corrected chi connectivity index (χ1v) is 16.6. The number of benzene rings is 1. The Kier molecular flexibility index (Phi) is 7.65. The van der Waals surface area contributed by atoms with Gasteiger partial charge in [0.2, 0.25) is 5.88 Å². The van der Waals surface area contributed by atoms with Crippen molar-refractivity contribution in [2.24, 2.45) is 7.05 Å². The summed E-state index contributed by atoms with van der Waals surface area (Å²) in [6, 6.07) is 8.72. The molecule has 3 saturated heterocycles. The van der Waals surface area contributed by atoms with E-state index < -0.39 is 23.7 Å². The van der Waals surface area contributed by atoms with Crippen molar-refractivity contribution in [3.8, 4) is 17.7 Å². The zero-order valence-corrected chi connectivity index (χ0v) is 27.8. The molecule has 0 bridgehead atoms. The van der Waals surface area contributed by atoms with Gasteiger partial charge in [-0.3, -0.25) is 4.68 Å². The molecule has 3 aliphatic heterocycles. The number of aryl methyl sites for hydroxylation is 3. The number of carbonyl (C=O) groups is 1. The topological polar surface area (TPSA) is 141 Å². The van der Waals surface area contributed by atoms with Crippen molar-refractivity contribution in [2.45, 2.75) is 57.4 Å². The first-order valence-electron chi connectivity index (χ1n) is 16.6. The highest BCUT2D eigenvalue weighted by atomic mass is 16.6. The van der Waals surface area contributed by atoms with Gasteiger partial charge in [-0.25, -0.2) is 19.7 Å². The van der Waals surface area contributed by atoms with Crippen molar-refractivity contribution < 1.29 is 28.5 Å². The smallest absolute Gasteiger partial charge is 0.326 e. The highest BCUT2D eigenvalue weighted by molar-refractivity contribution is 6.06. The summed E-state index contributed by atoms with van der Waals surface area (Å²) in [6.07, 6.45) is 3.92. The summed E-state index contributed by atoms with van der Waals surface area (Å²) in [5.41, 5.74) is 4.56. The maximum Gasteiger partial charge on any atom is 0.326 e. The number of morpholine rings is 1. The summed E-state index contributed by atoms with van der Waals surface area (Å²) < 4.78 is 26.4. The van der Waals surface area contributed by atoms with E-state index in [4.69, 9.17) is 33.6 Å². The van der Waals surface area contributed by atoms with Crippen molar-refractivity contribution in [3.63, 3.8) is 0 Å². The van der Waals surface area contributed by atoms with E-state index in [9.17, 15) is 9.90 Å². The van der Waals surface area contributed by atoms with Crippen LogP contribution < -0.4 is 14.5 Å². The van der Waals surface area contributed by atoms with Crippen LogP contribution in [0.2, 0.25) is 0 Å². The number of aromatic nitrogens is 5. The molecule has 13 heteroatoms. The lowest BCUT2D eigenvalue weighted by molar-refractivity contribution is -0.228. The van der Waals surface area contributed by atoms with E-state index in [1.165, 1.54) is 0 Å². The number of hydrogen-bond acceptors (Lipinski definition) is 11. The van der Waals surface area contributed by atoms with Crippen molar-refractivity contribution in [1.29, 1.82) is 0 Å². The number of fused-ring (bicyclic) bond motifs is 3. The molecular formula is C36H37N7O6. The van der Waals surface area contributed by atoms with Crippen LogP contribution in [-0.2, 0) is 27.7 Å². The van der Waals surface area contributed by atoms with Crippen LogP contribution in [0.5, 0.6) is 5.88 Å². The average Bonchev–Trinajstić information content (AvgIpc) is 3.77. The van der Waals surface area contributed by atoms with Gasteiger partial charge in [-0.1, -0.05) is 25.0 Å². The Labute approximate surface area is 282 Å². The van der Waals surface area contributed by atoms with Gasteiger partial charge in [0.05, 0.1) is 32.4 Å². The molecule has 4 aromatic heterocycles. The lowest BCUT2D eigenvalue weighted by atomic mass is 9.90. The molecule has 0 radical (unpaired) electrons. The molecule has 1 aromatic carbocycles. The van der Waals surface area contributed by atoms with E-state index in [0.717, 1.165) is 16.6 Å². The molecule has 3 atom stereocenters. The van der Waals surface area contributed by atoms with Gasteiger partial charge in [0.15, 0.2) is 11.4 Å². The molecule has 0 unspecified atom stereocenters. The Morgan fingerprint density at radius 3 is 2.76 bits per heavy atom. The summed E-state index contributed by atoms with van der Waals surface area (Å²) in [6.45, 7) is 8.51. The van der Waals surface area contributed by atoms with Crippen LogP contribution in [0, 0.1) is 18.8 Å². The first-order chi connectivity index (χ1) is 23.7. The number of ether oxygens (including phenoxy) is 3. The number of carboxylic acid groups (broad SMARTS) is 1. The maximum absolute atomic E-state index is 12.7. The van der Waals surface area contributed by atoms with Gasteiger partial charge in [0.1, 0.15) is 46.1 Å². The second-order valence-corrected chi connectivity index (χ2v) is 13.0. The third-order valence-corrected chi connectivity index (χ3v) is 9.78. The Hall–Kier alpha value is -5.19. The summed E-state index contributed by atoms with van der Waals surface area (Å²) >= 11 is 0. The van der Waals surface area contributed by atoms with Gasteiger partial charge in [0.25, 0.3) is 0 Å². The van der Waals surface area contributed by atoms with Crippen LogP contribution in [0.25, 0.3) is 22.1 Å². The quantitative estimate of drug-likeness (QED) is 0.264. The summed E-state index contributed by atoms with van der Waals surface area (Å²) in [5, 5.41) is 15.7. The highest BCUT2D eigenvalue weighted by Gasteiger charge is 2.50. The highest BCUT2D eigenvalue weighted by Crippen LogP contribution is 2.40. The molecule has 3 aliphatic rings. The van der Waals surface area contributed by atoms with Crippen LogP contribution in [0.3, 0.4) is 0 Å². The minimum atomic E-state index is -0.968. The predicted molar refractivity (Wildman–Crippen MR) is 181 cm³/mol. The normalized spacial score (nSPS) is 21.6. The van der Waals surface area contributed by atoms with Gasteiger partial charge in [-0.05, 0) is 38.0 Å². The fourth-order valence-electron chi connectivity index (χ4n) is 7.05. The molecule has 3 fully saturated rings. The molecule has 1 spiro atoms. The van der Waals surface area contributed by atoms with E-state index in [-0.39, 0.29) is 19.0 Å². The molecule has 13 nitrogen and oxygen atoms in total. The van der Waals surface area contributed by atoms with Crippen molar-refractivity contribution in [2.75, 3.05) is 42.7 Å². The zero-order valence-electron chi connectivity index (χ0n) is 27.8. The van der Waals surface area contributed by atoms with Crippen LogP contribution >= 0.6 is 0 Å². The number of aliphatic carboxylic acids is 1. The van der Waals surface area contributed by atoms with E-state index in [0.29, 0.717) is 78.2 Å². The summed E-state index contributed by atoms with van der Waals surface area (Å²) in [7, 11) is 1.87. The number of carboxylic acids is 1. The third-order valence-electron chi connectivity index (χ3n) is 9.78. The van der Waals surface area contributed by atoms with Gasteiger partial charge in [0, 0.05) is 55.3 Å². The maximum atomic E-state index is 12.7. The second-order valence-electron chi connectivity index (χ2n) is 13.0. The largest absolute Gasteiger partial charge is 0.480 e. The minimum Gasteiger partial charge on any atom is -0.480 e. The van der Waals surface area contributed by atoms with Crippen LogP contribution in [0.1, 0.15) is 42.9 Å². The number of hydrogen-bond donors (Lipinski definition) is 1. The molecule has 5 aromatic rings. The second kappa shape index (κ2) is 12.0. The Balaban J connectivity index is 1.15. The summed E-state index contributed by atoms with van der Waals surface area (Å²) in [5.74, 6) is 6.91. The minimum absolute atomic E-state index is 0.0258. The zero-order chi connectivity index (χ0) is 33.9. The van der Waals surface area contributed by atoms with E-state index in [1.807, 2.05) is 57.4 Å². The van der Waals surface area contributed by atoms with E-state index in [2.05, 4.69) is 28.8 Å². The standard InChI is InChI=1S/C36H37N7O6/c1-5-30-38-31-25-8-6-7-9-29(25)49-32(31)33(39-30)43-18-24(15-28(43)35(44)45)48-34-27(42-12-13-47-36(22(42)3)19-46-20-36)14-23(16-37-34)10-11-26-21(2)17-41(4)40-26/h6-9,14,16-17,22,24,28H,5,12-13,15,18-20H2,1-4H3,(H,44,45)/t22-,24-,28-/m0/s1. The van der Waals surface area contributed by atoms with E-state index >= 15 is 0 Å². The van der Waals surface area contributed by atoms with Gasteiger partial charge in [-0.15, -0.1) is 0 Å². The van der Waals surface area contributed by atoms with Crippen LogP contribution in [0.15, 0.2) is 47.1 Å². The lowest BCUT2D eigenvalue weighted by Crippen LogP contribution is -2.68. The van der Waals surface area contributed by atoms with Gasteiger partial charge in [-0.2, -0.15) is 5.10 Å². The van der Waals surface area contributed by atoms with Crippen LogP contribution in [-0.4, -0.2) is 92.5 Å². The molecule has 0 amide bonds. The Morgan fingerprint density at radius 1 is 1.18 bits per heavy atom. The van der Waals surface area contributed by atoms with Crippen molar-refractivity contribution >= 4 is 39.5 Å². The Bertz CT molecular complexity index is 2140. The number of nitrogens with zero attached hydrogens (tertiary/aromatic N) is 7. The van der Waals surface area contributed by atoms with E-state index in [1.54, 1.807) is 15.8 Å². The average molecular weight is 664 g/mol. The van der Waals surface area contributed by atoms with Gasteiger partial charge < -0.3 is 33.5 Å². The molecule has 1 N–H and O–H groups in total. The number of para-hydroxylation sites is 1. The molecular weight excluding hydrogens is 626 g/mol. The fourth-order valence-corrected chi connectivity index (χ4v) is 7.05. The monoisotopic (exact) mass is 663 g/mol. The lowest BCUT2D eigenvalue weighted by Gasteiger charge is -2.53. The molecule has 0 saturated carbocycles. The van der Waals surface area contributed by atoms with Crippen molar-refractivity contribution in [1.82, 2.24) is 24.7 Å². The Morgan fingerprint density at radius 2 is 2.02 bits per heavy atom. The molecule has 8 rings (SSSR count). The fraction of sp³-hybridized carbons (Fsp3) is 0.417. The molecule has 7 heterocycles. The number of furan rings is 1. The summed E-state index contributed by atoms with van der Waals surface area (Å²) in [4.78, 5) is 31.1. The SMILES string of the molecule is CCc1nc(N2C[C@@H](Oc3ncc(C#Cc4nn(C)cc4C)cc3N3CCOC4(COC4)[C@@H]3C)C[C@H]2C(=O)O)c2oc3ccccc3c2n1. The molecule has 49 heavy (non-hydrogen) atoms. The molecule has 0 aliphatic carbocycles. The van der Waals surface area contributed by atoms with Gasteiger partial charge >= 0.3 is 5.97 Å². The van der Waals surface area contributed by atoms with Crippen molar-refractivity contribution in [3.05, 3.63) is 65.4 Å².